The number of ether oxygens (including phenoxy) is 2. The quantitative estimate of drug-likeness (QED) is 0.0813. The number of hydrogen-bond acceptors (Lipinski definition) is 5. The van der Waals surface area contributed by atoms with E-state index in [1.54, 1.807) is 7.11 Å². The van der Waals surface area contributed by atoms with Gasteiger partial charge in [-0.2, -0.15) is 0 Å². The molecule has 0 aromatic heterocycles. The first-order valence-corrected chi connectivity index (χ1v) is 30.2. The third kappa shape index (κ3) is 16.3. The van der Waals surface area contributed by atoms with E-state index in [0.29, 0.717) is 24.4 Å². The minimum atomic E-state index is -2.08. The summed E-state index contributed by atoms with van der Waals surface area (Å²) >= 11 is 0. The normalized spacial score (nSPS) is 18.3. The molecule has 0 radical (unpaired) electrons. The summed E-state index contributed by atoms with van der Waals surface area (Å²) in [6.07, 6.45) is 9.55. The standard InChI is InChI=1S/C47H90O5Si3/c1-23-24-25-36(3)44(49-34-40-27-29-41(48-16)30-28-40)39(6)42(51-54(19,20)46(10,11)12)31-26-35(2)32-37(4)43(52-55(21,22)47(13,14)15)38(5)33-50-53(17,18)45(7,8)9/h23-25,27-30,35-39,42-44H,1,26,31-34H2,2-22H3/b25-24+/t35-,36-,37-,38-,39-,42+,43+,44-/m0/s1. The van der Waals surface area contributed by atoms with Crippen molar-refractivity contribution in [2.45, 2.75) is 196 Å². The van der Waals surface area contributed by atoms with Crippen LogP contribution in [0.15, 0.2) is 49.1 Å². The minimum Gasteiger partial charge on any atom is -0.497 e. The van der Waals surface area contributed by atoms with E-state index in [0.717, 1.165) is 37.2 Å². The van der Waals surface area contributed by atoms with Crippen molar-refractivity contribution in [1.29, 1.82) is 0 Å². The largest absolute Gasteiger partial charge is 0.497 e. The van der Waals surface area contributed by atoms with Crippen LogP contribution in [-0.4, -0.2) is 57.0 Å². The number of rotatable bonds is 23. The molecule has 0 aliphatic carbocycles. The van der Waals surface area contributed by atoms with Gasteiger partial charge >= 0.3 is 0 Å². The van der Waals surface area contributed by atoms with Crippen LogP contribution in [0.2, 0.25) is 54.4 Å². The van der Waals surface area contributed by atoms with E-state index in [-0.39, 0.29) is 45.3 Å². The topological polar surface area (TPSA) is 46.2 Å². The molecule has 0 aliphatic rings. The van der Waals surface area contributed by atoms with Gasteiger partial charge in [-0.1, -0.05) is 134 Å². The maximum absolute atomic E-state index is 7.38. The molecule has 55 heavy (non-hydrogen) atoms. The number of allylic oxidation sites excluding steroid dienone is 2. The van der Waals surface area contributed by atoms with E-state index in [1.807, 2.05) is 18.2 Å². The van der Waals surface area contributed by atoms with Crippen molar-refractivity contribution in [2.24, 2.45) is 29.6 Å². The first-order valence-electron chi connectivity index (χ1n) is 21.4. The Morgan fingerprint density at radius 3 is 1.65 bits per heavy atom. The summed E-state index contributed by atoms with van der Waals surface area (Å²) in [7, 11) is -4.27. The Hall–Kier alpha value is -1.01. The fraction of sp³-hybridized carbons (Fsp3) is 0.787. The van der Waals surface area contributed by atoms with E-state index in [4.69, 9.17) is 22.8 Å². The Morgan fingerprint density at radius 1 is 0.673 bits per heavy atom. The Morgan fingerprint density at radius 2 is 1.18 bits per heavy atom. The molecule has 1 rings (SSSR count). The van der Waals surface area contributed by atoms with Gasteiger partial charge in [0.15, 0.2) is 25.0 Å². The van der Waals surface area contributed by atoms with Gasteiger partial charge in [0, 0.05) is 24.4 Å². The fourth-order valence-corrected chi connectivity index (χ4v) is 10.6. The van der Waals surface area contributed by atoms with Gasteiger partial charge in [-0.25, -0.2) is 0 Å². The molecule has 0 saturated heterocycles. The summed E-state index contributed by atoms with van der Waals surface area (Å²) in [6.45, 7) is 52.5. The molecule has 0 heterocycles. The SMILES string of the molecule is C=C/C=C/[C@H](C)[C@H](OCc1ccc(OC)cc1)[C@@H](C)[C@@H](CC[C@H](C)C[C@H](C)[C@@H](O[Si](C)(C)C(C)(C)C)[C@@H](C)CO[Si](C)(C)C(C)(C)C)O[Si](C)(C)C(C)(C)C. The Labute approximate surface area is 345 Å². The molecular weight excluding hydrogens is 729 g/mol. The van der Waals surface area contributed by atoms with Crippen molar-refractivity contribution >= 4 is 25.0 Å². The molecule has 8 heteroatoms. The predicted molar refractivity (Wildman–Crippen MR) is 248 cm³/mol. The van der Waals surface area contributed by atoms with Crippen LogP contribution < -0.4 is 4.74 Å². The highest BCUT2D eigenvalue weighted by Crippen LogP contribution is 2.43. The van der Waals surface area contributed by atoms with Crippen molar-refractivity contribution in [3.05, 3.63) is 54.6 Å². The lowest BCUT2D eigenvalue weighted by Crippen LogP contribution is -2.49. The highest BCUT2D eigenvalue weighted by Gasteiger charge is 2.44. The highest BCUT2D eigenvalue weighted by molar-refractivity contribution is 6.75. The third-order valence-electron chi connectivity index (χ3n) is 13.6. The molecular formula is C47H90O5Si3. The molecule has 0 aliphatic heterocycles. The van der Waals surface area contributed by atoms with Crippen molar-refractivity contribution < 1.29 is 22.8 Å². The number of benzene rings is 1. The molecule has 0 N–H and O–H groups in total. The van der Waals surface area contributed by atoms with Crippen LogP contribution in [0.4, 0.5) is 0 Å². The summed E-state index contributed by atoms with van der Waals surface area (Å²) in [5.41, 5.74) is 1.14. The summed E-state index contributed by atoms with van der Waals surface area (Å²) in [6, 6.07) is 8.21. The molecule has 0 spiro atoms. The Balaban J connectivity index is 3.39. The predicted octanol–water partition coefficient (Wildman–Crippen LogP) is 14.5. The summed E-state index contributed by atoms with van der Waals surface area (Å²) in [4.78, 5) is 0. The summed E-state index contributed by atoms with van der Waals surface area (Å²) in [5.74, 6) is 2.47. The average molecular weight is 819 g/mol. The monoisotopic (exact) mass is 819 g/mol. The molecule has 1 aromatic rings. The van der Waals surface area contributed by atoms with Crippen LogP contribution in [0.5, 0.6) is 5.75 Å². The van der Waals surface area contributed by atoms with E-state index >= 15 is 0 Å². The third-order valence-corrected chi connectivity index (χ3v) is 27.1. The van der Waals surface area contributed by atoms with E-state index in [1.165, 1.54) is 0 Å². The van der Waals surface area contributed by atoms with E-state index < -0.39 is 25.0 Å². The first kappa shape index (κ1) is 52.0. The van der Waals surface area contributed by atoms with Crippen LogP contribution in [0, 0.1) is 29.6 Å². The van der Waals surface area contributed by atoms with Crippen LogP contribution in [-0.2, 0) is 24.6 Å². The Kier molecular flexibility index (Phi) is 20.1. The molecule has 0 amide bonds. The van der Waals surface area contributed by atoms with Gasteiger partial charge in [-0.3, -0.25) is 0 Å². The Bertz CT molecular complexity index is 1290. The van der Waals surface area contributed by atoms with Crippen LogP contribution in [0.3, 0.4) is 0 Å². The molecule has 8 atom stereocenters. The molecule has 5 nitrogen and oxygen atoms in total. The molecule has 1 aromatic carbocycles. The van der Waals surface area contributed by atoms with Crippen molar-refractivity contribution in [1.82, 2.24) is 0 Å². The zero-order chi connectivity index (χ0) is 42.8. The van der Waals surface area contributed by atoms with Crippen LogP contribution in [0.25, 0.3) is 0 Å². The summed E-state index contributed by atoms with van der Waals surface area (Å²) < 4.78 is 33.8. The lowest BCUT2D eigenvalue weighted by Gasteiger charge is -2.44. The van der Waals surface area contributed by atoms with E-state index in [2.05, 4.69) is 167 Å². The average Bonchev–Trinajstić information content (AvgIpc) is 3.05. The van der Waals surface area contributed by atoms with Gasteiger partial charge < -0.3 is 22.8 Å². The smallest absolute Gasteiger partial charge is 0.192 e. The zero-order valence-electron chi connectivity index (χ0n) is 39.9. The van der Waals surface area contributed by atoms with E-state index in [9.17, 15) is 0 Å². The second kappa shape index (κ2) is 21.3. The lowest BCUT2D eigenvalue weighted by atomic mass is 9.83. The zero-order valence-corrected chi connectivity index (χ0v) is 42.9. The highest BCUT2D eigenvalue weighted by atomic mass is 28.4. The molecule has 0 fully saturated rings. The second-order valence-corrected chi connectivity index (χ2v) is 36.0. The van der Waals surface area contributed by atoms with Gasteiger partial charge in [0.2, 0.25) is 0 Å². The summed E-state index contributed by atoms with van der Waals surface area (Å²) in [5, 5.41) is 0.434. The van der Waals surface area contributed by atoms with Gasteiger partial charge in [0.1, 0.15) is 5.75 Å². The second-order valence-electron chi connectivity index (χ2n) is 21.7. The van der Waals surface area contributed by atoms with Gasteiger partial charge in [0.05, 0.1) is 32.0 Å². The van der Waals surface area contributed by atoms with Gasteiger partial charge in [-0.15, -0.1) is 0 Å². The molecule has 0 unspecified atom stereocenters. The van der Waals surface area contributed by atoms with Crippen LogP contribution in [0.1, 0.15) is 122 Å². The number of hydrogen-bond donors (Lipinski definition) is 0. The first-order chi connectivity index (χ1) is 24.9. The number of methoxy groups -OCH3 is 1. The molecule has 0 bridgehead atoms. The maximum atomic E-state index is 7.38. The molecule has 0 saturated carbocycles. The van der Waals surface area contributed by atoms with Crippen molar-refractivity contribution in [3.8, 4) is 5.75 Å². The van der Waals surface area contributed by atoms with Gasteiger partial charge in [0.25, 0.3) is 0 Å². The maximum Gasteiger partial charge on any atom is 0.192 e. The van der Waals surface area contributed by atoms with Gasteiger partial charge in [-0.05, 0) is 103 Å². The van der Waals surface area contributed by atoms with Crippen molar-refractivity contribution in [3.63, 3.8) is 0 Å². The van der Waals surface area contributed by atoms with Crippen molar-refractivity contribution in [2.75, 3.05) is 13.7 Å². The van der Waals surface area contributed by atoms with Crippen LogP contribution >= 0.6 is 0 Å². The lowest BCUT2D eigenvalue weighted by molar-refractivity contribution is -0.0552. The molecule has 320 valence electrons. The minimum absolute atomic E-state index is 0.0218. The fourth-order valence-electron chi connectivity index (χ4n) is 6.55.